The van der Waals surface area contributed by atoms with Crippen molar-refractivity contribution in [3.63, 3.8) is 0 Å². The van der Waals surface area contributed by atoms with Crippen molar-refractivity contribution in [2.75, 3.05) is 0 Å². The summed E-state index contributed by atoms with van der Waals surface area (Å²) in [6.45, 7) is 4.65. The Hall–Kier alpha value is -3.29. The molecule has 0 aromatic heterocycles. The second-order valence-electron chi connectivity index (χ2n) is 6.09. The van der Waals surface area contributed by atoms with Gasteiger partial charge in [-0.15, -0.1) is 0 Å². The van der Waals surface area contributed by atoms with E-state index in [1.807, 2.05) is 0 Å². The molecular weight excluding hydrogens is 355 g/mol. The van der Waals surface area contributed by atoms with Gasteiger partial charge in [-0.3, -0.25) is 14.9 Å². The van der Waals surface area contributed by atoms with E-state index in [1.54, 1.807) is 19.1 Å². The highest BCUT2D eigenvalue weighted by atomic mass is 19.1. The SMILES string of the molecule is Cc1cc(C(=O)O[C@H](C)C(=O)N[C@H](C)c2ccc(F)cc2)ccc1[N+](=O)[O-]. The number of hydrogen-bond acceptors (Lipinski definition) is 5. The molecule has 0 aliphatic rings. The largest absolute Gasteiger partial charge is 0.449 e. The molecule has 2 aromatic carbocycles. The molecule has 0 saturated carbocycles. The summed E-state index contributed by atoms with van der Waals surface area (Å²) < 4.78 is 18.1. The maximum absolute atomic E-state index is 13.0. The Morgan fingerprint density at radius 1 is 1.15 bits per heavy atom. The van der Waals surface area contributed by atoms with Crippen molar-refractivity contribution in [3.05, 3.63) is 75.1 Å². The molecular formula is C19H19FN2O5. The first-order valence-corrected chi connectivity index (χ1v) is 8.21. The number of esters is 1. The van der Waals surface area contributed by atoms with Crippen LogP contribution in [0.2, 0.25) is 0 Å². The lowest BCUT2D eigenvalue weighted by atomic mass is 10.1. The third-order valence-electron chi connectivity index (χ3n) is 4.01. The fraction of sp³-hybridized carbons (Fsp3) is 0.263. The number of hydrogen-bond donors (Lipinski definition) is 1. The zero-order valence-corrected chi connectivity index (χ0v) is 15.1. The summed E-state index contributed by atoms with van der Waals surface area (Å²) in [4.78, 5) is 34.7. The molecule has 27 heavy (non-hydrogen) atoms. The summed E-state index contributed by atoms with van der Waals surface area (Å²) >= 11 is 0. The summed E-state index contributed by atoms with van der Waals surface area (Å²) in [5.74, 6) is -1.65. The molecule has 1 amide bonds. The molecule has 0 saturated heterocycles. The van der Waals surface area contributed by atoms with Crippen molar-refractivity contribution in [2.45, 2.75) is 32.9 Å². The van der Waals surface area contributed by atoms with Gasteiger partial charge in [-0.05, 0) is 50.6 Å². The molecule has 0 bridgehead atoms. The molecule has 7 nitrogen and oxygen atoms in total. The molecule has 0 aliphatic heterocycles. The second kappa shape index (κ2) is 8.39. The number of ether oxygens (including phenoxy) is 1. The third-order valence-corrected chi connectivity index (χ3v) is 4.01. The van der Waals surface area contributed by atoms with Crippen molar-refractivity contribution >= 4 is 17.6 Å². The van der Waals surface area contributed by atoms with Crippen LogP contribution in [0.1, 0.15) is 41.4 Å². The number of carbonyl (C=O) groups excluding carboxylic acids is 2. The van der Waals surface area contributed by atoms with Crippen LogP contribution >= 0.6 is 0 Å². The van der Waals surface area contributed by atoms with Crippen LogP contribution in [-0.2, 0) is 9.53 Å². The van der Waals surface area contributed by atoms with Gasteiger partial charge in [-0.2, -0.15) is 0 Å². The van der Waals surface area contributed by atoms with Gasteiger partial charge in [-0.1, -0.05) is 12.1 Å². The smallest absolute Gasteiger partial charge is 0.338 e. The van der Waals surface area contributed by atoms with Crippen molar-refractivity contribution < 1.29 is 23.6 Å². The van der Waals surface area contributed by atoms with Gasteiger partial charge in [0.05, 0.1) is 16.5 Å². The molecule has 0 heterocycles. The van der Waals surface area contributed by atoms with E-state index in [0.717, 1.165) is 0 Å². The summed E-state index contributed by atoms with van der Waals surface area (Å²) in [5, 5.41) is 13.5. The Morgan fingerprint density at radius 3 is 2.33 bits per heavy atom. The highest BCUT2D eigenvalue weighted by Crippen LogP contribution is 2.20. The number of nitro groups is 1. The van der Waals surface area contributed by atoms with Crippen LogP contribution in [0.3, 0.4) is 0 Å². The Bertz CT molecular complexity index is 867. The van der Waals surface area contributed by atoms with E-state index in [4.69, 9.17) is 4.74 Å². The van der Waals surface area contributed by atoms with Crippen LogP contribution < -0.4 is 5.32 Å². The predicted molar refractivity (Wildman–Crippen MR) is 95.7 cm³/mol. The molecule has 142 valence electrons. The summed E-state index contributed by atoms with van der Waals surface area (Å²) in [6.07, 6.45) is -1.07. The number of nitrogens with zero attached hydrogens (tertiary/aromatic N) is 1. The van der Waals surface area contributed by atoms with Gasteiger partial charge in [-0.25, -0.2) is 9.18 Å². The zero-order chi connectivity index (χ0) is 20.1. The van der Waals surface area contributed by atoms with E-state index in [1.165, 1.54) is 44.2 Å². The lowest BCUT2D eigenvalue weighted by Gasteiger charge is -2.18. The standard InChI is InChI=1S/C19H19FN2O5/c1-11-10-15(6-9-17(11)22(25)26)19(24)27-13(3)18(23)21-12(2)14-4-7-16(20)8-5-14/h4-10,12-13H,1-3H3,(H,21,23)/t12-,13-/m1/s1. The maximum Gasteiger partial charge on any atom is 0.338 e. The predicted octanol–water partition coefficient (Wildman–Crippen LogP) is 3.47. The fourth-order valence-electron chi connectivity index (χ4n) is 2.43. The van der Waals surface area contributed by atoms with Crippen molar-refractivity contribution in [3.8, 4) is 0 Å². The minimum Gasteiger partial charge on any atom is -0.449 e. The van der Waals surface area contributed by atoms with Crippen molar-refractivity contribution in [1.82, 2.24) is 5.32 Å². The van der Waals surface area contributed by atoms with Crippen LogP contribution in [-0.4, -0.2) is 22.9 Å². The van der Waals surface area contributed by atoms with E-state index in [-0.39, 0.29) is 17.1 Å². The Labute approximate surface area is 155 Å². The first-order valence-electron chi connectivity index (χ1n) is 8.21. The van der Waals surface area contributed by atoms with Crippen LogP contribution in [0.25, 0.3) is 0 Å². The highest BCUT2D eigenvalue weighted by Gasteiger charge is 2.22. The Balaban J connectivity index is 1.99. The van der Waals surface area contributed by atoms with Gasteiger partial charge in [0, 0.05) is 11.6 Å². The van der Waals surface area contributed by atoms with Gasteiger partial charge in [0.25, 0.3) is 11.6 Å². The number of aryl methyl sites for hydroxylation is 1. The van der Waals surface area contributed by atoms with Crippen LogP contribution in [0.15, 0.2) is 42.5 Å². The molecule has 2 rings (SSSR count). The van der Waals surface area contributed by atoms with Crippen LogP contribution in [0, 0.1) is 22.9 Å². The van der Waals surface area contributed by atoms with Gasteiger partial charge in [0.15, 0.2) is 6.10 Å². The van der Waals surface area contributed by atoms with Crippen LogP contribution in [0.4, 0.5) is 10.1 Å². The molecule has 2 aromatic rings. The topological polar surface area (TPSA) is 98.5 Å². The first-order chi connectivity index (χ1) is 12.7. The number of amides is 1. The molecule has 0 fully saturated rings. The molecule has 0 spiro atoms. The van der Waals surface area contributed by atoms with E-state index in [9.17, 15) is 24.1 Å². The normalized spacial score (nSPS) is 12.7. The molecule has 0 unspecified atom stereocenters. The zero-order valence-electron chi connectivity index (χ0n) is 15.1. The van der Waals surface area contributed by atoms with E-state index >= 15 is 0 Å². The van der Waals surface area contributed by atoms with E-state index in [2.05, 4.69) is 5.32 Å². The van der Waals surface area contributed by atoms with E-state index in [0.29, 0.717) is 11.1 Å². The quantitative estimate of drug-likeness (QED) is 0.474. The average Bonchev–Trinajstić information content (AvgIpc) is 2.61. The van der Waals surface area contributed by atoms with Gasteiger partial charge >= 0.3 is 5.97 Å². The number of benzene rings is 2. The van der Waals surface area contributed by atoms with Crippen molar-refractivity contribution in [1.29, 1.82) is 0 Å². The number of rotatable bonds is 6. The fourth-order valence-corrected chi connectivity index (χ4v) is 2.43. The lowest BCUT2D eigenvalue weighted by molar-refractivity contribution is -0.385. The minimum absolute atomic E-state index is 0.106. The molecule has 0 aliphatic carbocycles. The lowest BCUT2D eigenvalue weighted by Crippen LogP contribution is -2.37. The third kappa shape index (κ3) is 5.10. The van der Waals surface area contributed by atoms with E-state index < -0.39 is 28.9 Å². The monoisotopic (exact) mass is 374 g/mol. The number of carbonyl (C=O) groups is 2. The summed E-state index contributed by atoms with van der Waals surface area (Å²) in [5.41, 5.74) is 1.03. The minimum atomic E-state index is -1.07. The van der Waals surface area contributed by atoms with Gasteiger partial charge < -0.3 is 10.1 Å². The number of nitro benzene ring substituents is 1. The summed E-state index contributed by atoms with van der Waals surface area (Å²) in [7, 11) is 0. The van der Waals surface area contributed by atoms with Crippen LogP contribution in [0.5, 0.6) is 0 Å². The van der Waals surface area contributed by atoms with Gasteiger partial charge in [0.2, 0.25) is 0 Å². The maximum atomic E-state index is 13.0. The molecule has 8 heteroatoms. The average molecular weight is 374 g/mol. The Morgan fingerprint density at radius 2 is 1.78 bits per heavy atom. The van der Waals surface area contributed by atoms with Crippen molar-refractivity contribution in [2.24, 2.45) is 0 Å². The Kier molecular flexibility index (Phi) is 6.23. The number of nitrogens with one attached hydrogen (secondary N) is 1. The summed E-state index contributed by atoms with van der Waals surface area (Å²) in [6, 6.07) is 9.11. The molecule has 0 radical (unpaired) electrons. The highest BCUT2D eigenvalue weighted by molar-refractivity contribution is 5.92. The molecule has 1 N–H and O–H groups in total. The van der Waals surface area contributed by atoms with Gasteiger partial charge in [0.1, 0.15) is 5.82 Å². The second-order valence-corrected chi connectivity index (χ2v) is 6.09. The molecule has 2 atom stereocenters. The first kappa shape index (κ1) is 20.0. The number of halogens is 1.